The van der Waals surface area contributed by atoms with Crippen LogP contribution in [0.5, 0.6) is 0 Å². The van der Waals surface area contributed by atoms with Crippen LogP contribution in [-0.4, -0.2) is 9.97 Å². The van der Waals surface area contributed by atoms with Crippen molar-refractivity contribution in [3.63, 3.8) is 0 Å². The van der Waals surface area contributed by atoms with Crippen LogP contribution in [-0.2, 0) is 5.41 Å². The summed E-state index contributed by atoms with van der Waals surface area (Å²) in [7, 11) is 0. The highest BCUT2D eigenvalue weighted by Crippen LogP contribution is 2.56. The molecular weight excluding hydrogens is 777 g/mol. The smallest absolute Gasteiger partial charge is 0.0988 e. The van der Waals surface area contributed by atoms with Gasteiger partial charge in [0.1, 0.15) is 0 Å². The summed E-state index contributed by atoms with van der Waals surface area (Å²) in [4.78, 5) is 16.4. The first-order chi connectivity index (χ1) is 29.8. The van der Waals surface area contributed by atoms with E-state index in [9.17, 15) is 0 Å². The van der Waals surface area contributed by atoms with Gasteiger partial charge in [-0.15, -0.1) is 22.7 Å². The molecular formula is C57H58N2S2. The molecule has 0 amide bonds. The van der Waals surface area contributed by atoms with Crippen molar-refractivity contribution in [1.29, 1.82) is 0 Å². The molecule has 0 aliphatic heterocycles. The largest absolute Gasteiger partial charge is 0.243 e. The van der Waals surface area contributed by atoms with E-state index in [0.717, 1.165) is 44.7 Å². The molecule has 0 fully saturated rings. The van der Waals surface area contributed by atoms with Crippen LogP contribution in [0.25, 0.3) is 76.0 Å². The number of thiophene rings is 2. The van der Waals surface area contributed by atoms with Gasteiger partial charge in [-0.3, -0.25) is 0 Å². The molecule has 308 valence electrons. The lowest BCUT2D eigenvalue weighted by Crippen LogP contribution is -2.25. The van der Waals surface area contributed by atoms with Gasteiger partial charge in [0.15, 0.2) is 0 Å². The fraction of sp³-hybridized carbons (Fsp3) is 0.298. The Balaban J connectivity index is 1.21. The molecule has 0 spiro atoms. The van der Waals surface area contributed by atoms with E-state index in [1.807, 2.05) is 22.7 Å². The molecule has 0 N–H and O–H groups in total. The van der Waals surface area contributed by atoms with Crippen molar-refractivity contribution in [2.75, 3.05) is 0 Å². The molecule has 9 rings (SSSR count). The summed E-state index contributed by atoms with van der Waals surface area (Å²) >= 11 is 3.75. The topological polar surface area (TPSA) is 25.8 Å². The van der Waals surface area contributed by atoms with Crippen LogP contribution in [0.1, 0.15) is 111 Å². The summed E-state index contributed by atoms with van der Waals surface area (Å²) in [6.45, 7) is 13.6. The highest BCUT2D eigenvalue weighted by Gasteiger charge is 2.42. The first kappa shape index (κ1) is 41.2. The van der Waals surface area contributed by atoms with Crippen molar-refractivity contribution >= 4 is 33.7 Å². The Bertz CT molecular complexity index is 2790. The number of unbranched alkanes of at least 4 members (excludes halogenated alkanes) is 6. The molecule has 0 saturated carbocycles. The summed E-state index contributed by atoms with van der Waals surface area (Å²) < 4.78 is 0. The van der Waals surface area contributed by atoms with Crippen molar-refractivity contribution in [3.05, 3.63) is 154 Å². The molecule has 0 radical (unpaired) electrons. The van der Waals surface area contributed by atoms with E-state index in [4.69, 9.17) is 9.97 Å². The quantitative estimate of drug-likeness (QED) is 0.0962. The van der Waals surface area contributed by atoms with Gasteiger partial charge in [-0.25, -0.2) is 9.97 Å². The van der Waals surface area contributed by atoms with E-state index in [2.05, 4.69) is 163 Å². The summed E-state index contributed by atoms with van der Waals surface area (Å²) in [6, 6.07) is 45.2. The van der Waals surface area contributed by atoms with Gasteiger partial charge in [0.05, 0.1) is 22.4 Å². The number of rotatable bonds is 15. The van der Waals surface area contributed by atoms with Gasteiger partial charge >= 0.3 is 0 Å². The van der Waals surface area contributed by atoms with Crippen molar-refractivity contribution < 1.29 is 0 Å². The zero-order valence-electron chi connectivity index (χ0n) is 36.8. The summed E-state index contributed by atoms with van der Waals surface area (Å²) in [6.07, 6.45) is 12.7. The molecule has 0 atom stereocenters. The average Bonchev–Trinajstić information content (AvgIpc) is 3.93. The first-order valence-corrected chi connectivity index (χ1v) is 24.3. The minimum atomic E-state index is 0.0482. The van der Waals surface area contributed by atoms with Gasteiger partial charge in [-0.05, 0) is 97.7 Å². The van der Waals surface area contributed by atoms with Crippen LogP contribution >= 0.6 is 22.7 Å². The molecule has 2 nitrogen and oxygen atoms in total. The van der Waals surface area contributed by atoms with Gasteiger partial charge in [-0.2, -0.15) is 0 Å². The Kier molecular flexibility index (Phi) is 11.9. The van der Waals surface area contributed by atoms with Crippen LogP contribution < -0.4 is 0 Å². The highest BCUT2D eigenvalue weighted by atomic mass is 32.1. The minimum absolute atomic E-state index is 0.0482. The molecule has 8 aromatic rings. The van der Waals surface area contributed by atoms with E-state index in [1.54, 1.807) is 11.1 Å². The van der Waals surface area contributed by atoms with E-state index >= 15 is 0 Å². The molecule has 3 heterocycles. The zero-order chi connectivity index (χ0) is 42.1. The lowest BCUT2D eigenvalue weighted by atomic mass is 9.70. The highest BCUT2D eigenvalue weighted by molar-refractivity contribution is 7.19. The first-order valence-electron chi connectivity index (χ1n) is 22.7. The molecule has 1 aliphatic rings. The minimum Gasteiger partial charge on any atom is -0.243 e. The molecule has 3 aromatic heterocycles. The fourth-order valence-electron chi connectivity index (χ4n) is 9.86. The second-order valence-electron chi connectivity index (χ2n) is 17.5. The lowest BCUT2D eigenvalue weighted by Gasteiger charge is -2.33. The third-order valence-electron chi connectivity index (χ3n) is 13.2. The monoisotopic (exact) mass is 834 g/mol. The van der Waals surface area contributed by atoms with E-state index in [-0.39, 0.29) is 5.41 Å². The number of fused-ring (bicyclic) bond motifs is 4. The number of aromatic nitrogens is 2. The van der Waals surface area contributed by atoms with Crippen molar-refractivity contribution in [2.45, 2.75) is 111 Å². The van der Waals surface area contributed by atoms with E-state index < -0.39 is 0 Å². The Morgan fingerprint density at radius 1 is 0.459 bits per heavy atom. The maximum absolute atomic E-state index is 5.65. The van der Waals surface area contributed by atoms with Gasteiger partial charge in [0, 0.05) is 47.2 Å². The van der Waals surface area contributed by atoms with Crippen molar-refractivity contribution in [3.8, 4) is 65.0 Å². The fourth-order valence-corrected chi connectivity index (χ4v) is 12.1. The van der Waals surface area contributed by atoms with E-state index in [0.29, 0.717) is 0 Å². The molecule has 1 aliphatic carbocycles. The average molecular weight is 835 g/mol. The van der Waals surface area contributed by atoms with Crippen LogP contribution in [0.2, 0.25) is 0 Å². The second kappa shape index (κ2) is 17.7. The van der Waals surface area contributed by atoms with Crippen LogP contribution in [0.3, 0.4) is 0 Å². The number of benzene rings is 5. The standard InChI is InChI=1S/C57H58N2S2/c1-7-9-11-19-31-57(32-20-12-10-8-2)48-33-37(3)25-27-44(48)45-28-26-43(36-49(45)57)56-39(5)35-51(61-56)47-30-29-46(50-34-38(4)40(6)60-50)54-55(47)59-53(42-23-17-14-18-24-42)52(58-54)41-21-15-13-16-22-41/h13-18,21-30,33-36H,7-12,19-20,31-32H2,1-6H3. The van der Waals surface area contributed by atoms with Crippen molar-refractivity contribution in [1.82, 2.24) is 9.97 Å². The summed E-state index contributed by atoms with van der Waals surface area (Å²) in [5.41, 5.74) is 19.5. The molecule has 0 saturated heterocycles. The Morgan fingerprint density at radius 3 is 1.51 bits per heavy atom. The number of aryl methyl sites for hydroxylation is 4. The SMILES string of the molecule is CCCCCCC1(CCCCCC)c2cc(C)ccc2-c2ccc(-c3sc(-c4ccc(-c5cc(C)c(C)s5)c5nc(-c6ccccc6)c(-c6ccccc6)nc45)cc3C)cc21. The Labute approximate surface area is 371 Å². The van der Waals surface area contributed by atoms with Crippen molar-refractivity contribution in [2.24, 2.45) is 0 Å². The molecule has 4 heteroatoms. The number of nitrogens with zero attached hydrogens (tertiary/aromatic N) is 2. The Hall–Kier alpha value is -5.16. The Morgan fingerprint density at radius 2 is 0.967 bits per heavy atom. The summed E-state index contributed by atoms with van der Waals surface area (Å²) in [5, 5.41) is 0. The lowest BCUT2D eigenvalue weighted by molar-refractivity contribution is 0.401. The third-order valence-corrected chi connectivity index (χ3v) is 15.7. The molecule has 61 heavy (non-hydrogen) atoms. The molecule has 5 aromatic carbocycles. The van der Waals surface area contributed by atoms with E-state index in [1.165, 1.54) is 117 Å². The van der Waals surface area contributed by atoms with Gasteiger partial charge < -0.3 is 0 Å². The number of hydrogen-bond donors (Lipinski definition) is 0. The van der Waals surface area contributed by atoms with Crippen LogP contribution in [0.15, 0.2) is 121 Å². The second-order valence-corrected chi connectivity index (χ2v) is 19.8. The van der Waals surface area contributed by atoms with Gasteiger partial charge in [0.2, 0.25) is 0 Å². The summed E-state index contributed by atoms with van der Waals surface area (Å²) in [5.74, 6) is 0. The maximum Gasteiger partial charge on any atom is 0.0988 e. The zero-order valence-corrected chi connectivity index (χ0v) is 38.5. The molecule has 0 bridgehead atoms. The van der Waals surface area contributed by atoms with Crippen LogP contribution in [0, 0.1) is 27.7 Å². The van der Waals surface area contributed by atoms with Gasteiger partial charge in [0.25, 0.3) is 0 Å². The predicted molar refractivity (Wildman–Crippen MR) is 265 cm³/mol. The number of hydrogen-bond acceptors (Lipinski definition) is 4. The predicted octanol–water partition coefficient (Wildman–Crippen LogP) is 17.5. The van der Waals surface area contributed by atoms with Gasteiger partial charge in [-0.1, -0.05) is 174 Å². The third kappa shape index (κ3) is 7.83. The van der Waals surface area contributed by atoms with Crippen LogP contribution in [0.4, 0.5) is 0 Å². The molecule has 0 unspecified atom stereocenters. The maximum atomic E-state index is 5.65. The normalized spacial score (nSPS) is 12.9.